The van der Waals surface area contributed by atoms with E-state index in [4.69, 9.17) is 0 Å². The lowest BCUT2D eigenvalue weighted by Crippen LogP contribution is -2.16. The summed E-state index contributed by atoms with van der Waals surface area (Å²) in [6.45, 7) is 1.57. The molecule has 0 aliphatic carbocycles. The largest absolute Gasteiger partial charge is 0.322 e. The molecule has 0 saturated carbocycles. The second-order valence-corrected chi connectivity index (χ2v) is 7.34. The Balaban J connectivity index is 2.31. The number of carbonyl (C=O) groups is 2. The van der Waals surface area contributed by atoms with Gasteiger partial charge in [0.05, 0.1) is 0 Å². The minimum Gasteiger partial charge on any atom is -0.322 e. The average molecular weight is 519 g/mol. The summed E-state index contributed by atoms with van der Waals surface area (Å²) in [5, 5.41) is 2.91. The lowest BCUT2D eigenvalue weighted by Gasteiger charge is -2.13. The van der Waals surface area contributed by atoms with Crippen LogP contribution in [0.3, 0.4) is 0 Å². The molecule has 1 N–H and O–H groups in total. The van der Waals surface area contributed by atoms with Crippen LogP contribution in [0.1, 0.15) is 29.3 Å². The molecule has 2 aromatic carbocycles. The highest BCUT2D eigenvalue weighted by molar-refractivity contribution is 14.1. The van der Waals surface area contributed by atoms with Crippen molar-refractivity contribution in [1.82, 2.24) is 0 Å². The molecule has 0 atom stereocenters. The van der Waals surface area contributed by atoms with Gasteiger partial charge in [-0.25, -0.2) is 0 Å². The van der Waals surface area contributed by atoms with Crippen LogP contribution in [-0.2, 0) is 11.2 Å². The maximum atomic E-state index is 12.6. The number of amides is 1. The number of carbonyl (C=O) groups excluding carboxylic acids is 2. The summed E-state index contributed by atoms with van der Waals surface area (Å²) >= 11 is 4.43. The van der Waals surface area contributed by atoms with E-state index < -0.39 is 0 Å². The minimum absolute atomic E-state index is 0.128. The lowest BCUT2D eigenvalue weighted by molar-refractivity contribution is -0.116. The predicted octanol–water partition coefficient (Wildman–Crippen LogP) is 4.67. The van der Waals surface area contributed by atoms with Gasteiger partial charge in [0.1, 0.15) is 5.78 Å². The molecule has 0 bridgehead atoms. The zero-order valence-corrected chi connectivity index (χ0v) is 16.3. The molecule has 3 nitrogen and oxygen atoms in total. The van der Waals surface area contributed by atoms with Gasteiger partial charge in [-0.15, -0.1) is 0 Å². The summed E-state index contributed by atoms with van der Waals surface area (Å²) in [5.41, 5.74) is 2.34. The van der Waals surface area contributed by atoms with Gasteiger partial charge in [0.25, 0.3) is 5.91 Å². The Bertz CT molecular complexity index is 699. The van der Waals surface area contributed by atoms with Gasteiger partial charge in [-0.05, 0) is 88.4 Å². The Hall–Kier alpha value is -0.960. The van der Waals surface area contributed by atoms with Gasteiger partial charge in [0.2, 0.25) is 0 Å². The molecule has 0 spiro atoms. The summed E-state index contributed by atoms with van der Waals surface area (Å²) < 4.78 is 2.02. The van der Waals surface area contributed by atoms with Crippen LogP contribution in [0.25, 0.3) is 0 Å². The predicted molar refractivity (Wildman–Crippen MR) is 105 cm³/mol. The van der Waals surface area contributed by atoms with Gasteiger partial charge in [-0.1, -0.05) is 18.2 Å². The third kappa shape index (κ3) is 4.77. The molecular formula is C17H15I2NO2. The van der Waals surface area contributed by atoms with Gasteiger partial charge in [-0.3, -0.25) is 4.79 Å². The molecule has 0 fully saturated rings. The van der Waals surface area contributed by atoms with Gasteiger partial charge in [0.15, 0.2) is 0 Å². The monoisotopic (exact) mass is 519 g/mol. The molecule has 0 radical (unpaired) electrons. The summed E-state index contributed by atoms with van der Waals surface area (Å²) in [6.07, 6.45) is 1.03. The number of hydrogen-bond acceptors (Lipinski definition) is 2. The van der Waals surface area contributed by atoms with Crippen molar-refractivity contribution in [2.45, 2.75) is 19.8 Å². The number of hydrogen-bond donors (Lipinski definition) is 1. The van der Waals surface area contributed by atoms with E-state index in [2.05, 4.69) is 50.5 Å². The van der Waals surface area contributed by atoms with Crippen LogP contribution in [0.5, 0.6) is 0 Å². The number of para-hydroxylation sites is 1. The fraction of sp³-hybridized carbons (Fsp3) is 0.176. The highest BCUT2D eigenvalue weighted by Gasteiger charge is 2.16. The van der Waals surface area contributed by atoms with Crippen LogP contribution in [-0.4, -0.2) is 11.7 Å². The van der Waals surface area contributed by atoms with E-state index in [0.29, 0.717) is 18.4 Å². The molecule has 22 heavy (non-hydrogen) atoms. The van der Waals surface area contributed by atoms with E-state index in [1.54, 1.807) is 6.92 Å². The molecular weight excluding hydrogens is 504 g/mol. The molecule has 0 saturated heterocycles. The molecule has 5 heteroatoms. The normalized spacial score (nSPS) is 10.3. The van der Waals surface area contributed by atoms with Gasteiger partial charge in [0, 0.05) is 24.8 Å². The van der Waals surface area contributed by atoms with Crippen molar-refractivity contribution in [3.05, 3.63) is 60.7 Å². The fourth-order valence-electron chi connectivity index (χ4n) is 2.08. The number of Topliss-reactive ketones (excluding diaryl/α,β-unsaturated/α-hetero) is 1. The third-order valence-electron chi connectivity index (χ3n) is 3.16. The van der Waals surface area contributed by atoms with Crippen LogP contribution in [0.2, 0.25) is 0 Å². The smallest absolute Gasteiger partial charge is 0.256 e. The molecule has 0 unspecified atom stereocenters. The zero-order chi connectivity index (χ0) is 16.1. The SMILES string of the molecule is CC(=O)CCc1c(I)cc(I)cc1C(=O)Nc1ccccc1. The summed E-state index contributed by atoms with van der Waals surface area (Å²) in [7, 11) is 0. The molecule has 2 rings (SSSR count). The fourth-order valence-corrected chi connectivity index (χ4v) is 4.20. The van der Waals surface area contributed by atoms with Crippen molar-refractivity contribution in [2.75, 3.05) is 5.32 Å². The Labute approximate surface area is 157 Å². The molecule has 1 amide bonds. The quantitative estimate of drug-likeness (QED) is 0.585. The first kappa shape index (κ1) is 17.4. The Morgan fingerprint density at radius 3 is 2.41 bits per heavy atom. The Morgan fingerprint density at radius 1 is 1.09 bits per heavy atom. The van der Waals surface area contributed by atoms with E-state index in [9.17, 15) is 9.59 Å². The second-order valence-electron chi connectivity index (χ2n) is 4.94. The third-order valence-corrected chi connectivity index (χ3v) is 4.75. The van der Waals surface area contributed by atoms with E-state index in [0.717, 1.165) is 18.4 Å². The molecule has 0 heterocycles. The molecule has 0 aromatic heterocycles. The van der Waals surface area contributed by atoms with Crippen molar-refractivity contribution in [3.8, 4) is 0 Å². The Kier molecular flexibility index (Phi) is 6.37. The first-order valence-corrected chi connectivity index (χ1v) is 8.97. The summed E-state index contributed by atoms with van der Waals surface area (Å²) in [4.78, 5) is 23.8. The number of benzene rings is 2. The van der Waals surface area contributed by atoms with E-state index in [1.165, 1.54) is 0 Å². The average Bonchev–Trinajstić information content (AvgIpc) is 2.46. The molecule has 0 aliphatic rings. The molecule has 0 aliphatic heterocycles. The summed E-state index contributed by atoms with van der Waals surface area (Å²) in [6, 6.07) is 13.3. The van der Waals surface area contributed by atoms with Crippen molar-refractivity contribution < 1.29 is 9.59 Å². The zero-order valence-electron chi connectivity index (χ0n) is 12.0. The first-order chi connectivity index (χ1) is 10.5. The second kappa shape index (κ2) is 8.05. The van der Waals surface area contributed by atoms with E-state index >= 15 is 0 Å². The van der Waals surface area contributed by atoms with Crippen LogP contribution in [0, 0.1) is 7.14 Å². The molecule has 2 aromatic rings. The number of halogens is 2. The minimum atomic E-state index is -0.138. The number of anilines is 1. The first-order valence-electron chi connectivity index (χ1n) is 6.81. The van der Waals surface area contributed by atoms with Crippen LogP contribution in [0.4, 0.5) is 5.69 Å². The maximum Gasteiger partial charge on any atom is 0.256 e. The Morgan fingerprint density at radius 2 is 1.77 bits per heavy atom. The van der Waals surface area contributed by atoms with Gasteiger partial charge < -0.3 is 10.1 Å². The lowest BCUT2D eigenvalue weighted by atomic mass is 10.0. The summed E-state index contributed by atoms with van der Waals surface area (Å²) in [5.74, 6) is -0.00930. The number of nitrogens with one attached hydrogen (secondary N) is 1. The van der Waals surface area contributed by atoms with Gasteiger partial charge in [-0.2, -0.15) is 0 Å². The van der Waals surface area contributed by atoms with E-state index in [1.807, 2.05) is 42.5 Å². The maximum absolute atomic E-state index is 12.6. The van der Waals surface area contributed by atoms with Crippen molar-refractivity contribution in [3.63, 3.8) is 0 Å². The van der Waals surface area contributed by atoms with E-state index in [-0.39, 0.29) is 11.7 Å². The van der Waals surface area contributed by atoms with Crippen LogP contribution < -0.4 is 5.32 Å². The van der Waals surface area contributed by atoms with Gasteiger partial charge >= 0.3 is 0 Å². The number of ketones is 1. The van der Waals surface area contributed by atoms with Crippen molar-refractivity contribution in [2.24, 2.45) is 0 Å². The highest BCUT2D eigenvalue weighted by atomic mass is 127. The topological polar surface area (TPSA) is 46.2 Å². The van der Waals surface area contributed by atoms with Crippen LogP contribution in [0.15, 0.2) is 42.5 Å². The standard InChI is InChI=1S/C17H15I2NO2/c1-11(21)7-8-14-15(9-12(18)10-16(14)19)17(22)20-13-5-3-2-4-6-13/h2-6,9-10H,7-8H2,1H3,(H,20,22). The van der Waals surface area contributed by atoms with Crippen LogP contribution >= 0.6 is 45.2 Å². The number of rotatable bonds is 5. The molecule has 114 valence electrons. The van der Waals surface area contributed by atoms with Crippen molar-refractivity contribution in [1.29, 1.82) is 0 Å². The van der Waals surface area contributed by atoms with Crippen molar-refractivity contribution >= 4 is 62.6 Å². The highest BCUT2D eigenvalue weighted by Crippen LogP contribution is 2.24.